The van der Waals surface area contributed by atoms with Crippen molar-refractivity contribution >= 4 is 23.3 Å². The smallest absolute Gasteiger partial charge is 0.236 e. The fraction of sp³-hybridized carbons (Fsp3) is 0.458. The van der Waals surface area contributed by atoms with Crippen LogP contribution in [0.15, 0.2) is 30.5 Å². The average Bonchev–Trinajstić information content (AvgIpc) is 3.15. The van der Waals surface area contributed by atoms with Gasteiger partial charge in [0.2, 0.25) is 5.91 Å². The molecular weight excluding hydrogens is 452 g/mol. The lowest BCUT2D eigenvalue weighted by molar-refractivity contribution is -0.130. The number of anilines is 1. The minimum atomic E-state index is 0.0593. The monoisotopic (exact) mass is 480 g/mol. The number of hydrogen-bond acceptors (Lipinski definition) is 7. The molecule has 2 aliphatic heterocycles. The lowest BCUT2D eigenvalue weighted by Gasteiger charge is -2.32. The molecule has 0 saturated carbocycles. The molecule has 0 bridgehead atoms. The Labute approximate surface area is 204 Å². The van der Waals surface area contributed by atoms with E-state index in [2.05, 4.69) is 34.5 Å². The molecule has 0 unspecified atom stereocenters. The summed E-state index contributed by atoms with van der Waals surface area (Å²) in [6.07, 6.45) is 3.75. The molecule has 3 aromatic rings. The van der Waals surface area contributed by atoms with Gasteiger partial charge in [-0.3, -0.25) is 14.3 Å². The Morgan fingerprint density at radius 1 is 1.15 bits per heavy atom. The first kappa shape index (κ1) is 22.7. The van der Waals surface area contributed by atoms with Gasteiger partial charge >= 0.3 is 0 Å². The molecule has 2 aromatic heterocycles. The normalized spacial score (nSPS) is 16.6. The zero-order valence-corrected chi connectivity index (χ0v) is 20.5. The number of fused-ring (bicyclic) bond motifs is 3. The molecule has 1 saturated heterocycles. The zero-order chi connectivity index (χ0) is 23.8. The van der Waals surface area contributed by atoms with Crippen LogP contribution in [0.2, 0.25) is 5.02 Å². The molecule has 10 heteroatoms. The molecule has 4 heterocycles. The van der Waals surface area contributed by atoms with Gasteiger partial charge in [0.25, 0.3) is 0 Å². The Hall–Kier alpha value is -3.04. The van der Waals surface area contributed by atoms with Crippen molar-refractivity contribution < 1.29 is 4.79 Å². The van der Waals surface area contributed by atoms with E-state index in [-0.39, 0.29) is 5.91 Å². The number of amides is 1. The fourth-order valence-electron chi connectivity index (χ4n) is 4.79. The summed E-state index contributed by atoms with van der Waals surface area (Å²) in [4.78, 5) is 27.3. The second kappa shape index (κ2) is 9.31. The largest absolute Gasteiger partial charge is 0.356 e. The summed E-state index contributed by atoms with van der Waals surface area (Å²) in [7, 11) is 3.56. The van der Waals surface area contributed by atoms with Crippen molar-refractivity contribution in [3.63, 3.8) is 0 Å². The zero-order valence-electron chi connectivity index (χ0n) is 19.8. The predicted molar refractivity (Wildman–Crippen MR) is 130 cm³/mol. The van der Waals surface area contributed by atoms with Crippen LogP contribution in [0, 0.1) is 6.92 Å². The van der Waals surface area contributed by atoms with Crippen molar-refractivity contribution in [3.8, 4) is 5.69 Å². The molecule has 0 atom stereocenters. The highest BCUT2D eigenvalue weighted by atomic mass is 35.5. The molecule has 2 aliphatic rings. The number of hydrogen-bond donors (Lipinski definition) is 0. The van der Waals surface area contributed by atoms with Crippen LogP contribution >= 0.6 is 11.6 Å². The number of piperidine rings is 1. The Morgan fingerprint density at radius 3 is 2.68 bits per heavy atom. The SMILES string of the molecule is Cc1nccc(N2CCC(c3nnc4n3-c3ccc(Cl)cc3CN(CC(=O)N(C)C)C4)CC2)n1. The summed E-state index contributed by atoms with van der Waals surface area (Å²) in [6, 6.07) is 7.92. The summed E-state index contributed by atoms with van der Waals surface area (Å²) in [5.41, 5.74) is 2.13. The van der Waals surface area contributed by atoms with Crippen molar-refractivity contribution in [1.29, 1.82) is 0 Å². The summed E-state index contributed by atoms with van der Waals surface area (Å²) in [6.45, 7) is 5.22. The van der Waals surface area contributed by atoms with E-state index < -0.39 is 0 Å². The number of aryl methyl sites for hydroxylation is 1. The number of rotatable bonds is 4. The van der Waals surface area contributed by atoms with Crippen LogP contribution in [0.3, 0.4) is 0 Å². The minimum absolute atomic E-state index is 0.0593. The number of carbonyl (C=O) groups excluding carboxylic acids is 1. The van der Waals surface area contributed by atoms with Gasteiger partial charge in [0, 0.05) is 50.9 Å². The van der Waals surface area contributed by atoms with E-state index >= 15 is 0 Å². The number of halogens is 1. The molecule has 1 amide bonds. The van der Waals surface area contributed by atoms with Crippen LogP contribution in [0.4, 0.5) is 5.82 Å². The van der Waals surface area contributed by atoms with Crippen LogP contribution < -0.4 is 4.90 Å². The van der Waals surface area contributed by atoms with Crippen molar-refractivity contribution in [3.05, 3.63) is 58.5 Å². The molecule has 0 aliphatic carbocycles. The molecule has 0 N–H and O–H groups in total. The van der Waals surface area contributed by atoms with Crippen LogP contribution in [-0.2, 0) is 17.9 Å². The molecule has 0 radical (unpaired) electrons. The molecule has 9 nitrogen and oxygen atoms in total. The maximum atomic E-state index is 12.4. The summed E-state index contributed by atoms with van der Waals surface area (Å²) in [5, 5.41) is 9.93. The molecule has 1 fully saturated rings. The quantitative estimate of drug-likeness (QED) is 0.567. The van der Waals surface area contributed by atoms with Gasteiger partial charge in [-0.25, -0.2) is 9.97 Å². The van der Waals surface area contributed by atoms with Crippen molar-refractivity contribution in [2.75, 3.05) is 38.6 Å². The van der Waals surface area contributed by atoms with Crippen LogP contribution in [-0.4, -0.2) is 74.2 Å². The number of aromatic nitrogens is 5. The van der Waals surface area contributed by atoms with Crippen LogP contribution in [0.5, 0.6) is 0 Å². The van der Waals surface area contributed by atoms with E-state index in [0.717, 1.165) is 60.5 Å². The van der Waals surface area contributed by atoms with E-state index in [0.29, 0.717) is 30.6 Å². The lowest BCUT2D eigenvalue weighted by atomic mass is 9.95. The van der Waals surface area contributed by atoms with Crippen molar-refractivity contribution in [2.24, 2.45) is 0 Å². The maximum absolute atomic E-state index is 12.4. The average molecular weight is 481 g/mol. The molecule has 178 valence electrons. The van der Waals surface area contributed by atoms with E-state index in [1.165, 1.54) is 0 Å². The Kier molecular flexibility index (Phi) is 6.22. The first-order valence-electron chi connectivity index (χ1n) is 11.6. The number of carbonyl (C=O) groups is 1. The standard InChI is InChI=1S/C24H29ClN8O/c1-16-26-9-6-21(27-16)32-10-7-17(8-11-32)24-29-28-22-14-31(15-23(34)30(2)3)13-18-12-19(25)4-5-20(18)33(22)24/h4-6,9,12,17H,7-8,10-11,13-15H2,1-3H3. The van der Waals surface area contributed by atoms with Gasteiger partial charge < -0.3 is 9.80 Å². The van der Waals surface area contributed by atoms with Crippen molar-refractivity contribution in [1.82, 2.24) is 34.5 Å². The van der Waals surface area contributed by atoms with E-state index in [1.54, 1.807) is 19.0 Å². The first-order chi connectivity index (χ1) is 16.4. The predicted octanol–water partition coefficient (Wildman–Crippen LogP) is 2.81. The van der Waals surface area contributed by atoms with Gasteiger partial charge in [-0.1, -0.05) is 11.6 Å². The second-order valence-electron chi connectivity index (χ2n) is 9.24. The highest BCUT2D eigenvalue weighted by Gasteiger charge is 2.31. The number of likely N-dealkylation sites (N-methyl/N-ethyl adjacent to an activating group) is 1. The minimum Gasteiger partial charge on any atom is -0.356 e. The van der Waals surface area contributed by atoms with Gasteiger partial charge in [-0.15, -0.1) is 10.2 Å². The highest BCUT2D eigenvalue weighted by Crippen LogP contribution is 2.34. The van der Waals surface area contributed by atoms with Crippen LogP contribution in [0.1, 0.15) is 41.8 Å². The molecule has 0 spiro atoms. The van der Waals surface area contributed by atoms with E-state index in [9.17, 15) is 4.79 Å². The molecule has 1 aromatic carbocycles. The number of benzene rings is 1. The van der Waals surface area contributed by atoms with E-state index in [4.69, 9.17) is 11.6 Å². The molecule has 5 rings (SSSR count). The van der Waals surface area contributed by atoms with Crippen molar-refractivity contribution in [2.45, 2.75) is 38.8 Å². The highest BCUT2D eigenvalue weighted by molar-refractivity contribution is 6.30. The fourth-order valence-corrected chi connectivity index (χ4v) is 4.98. The Balaban J connectivity index is 1.43. The first-order valence-corrected chi connectivity index (χ1v) is 12.0. The number of nitrogens with zero attached hydrogens (tertiary/aromatic N) is 8. The summed E-state index contributed by atoms with van der Waals surface area (Å²) < 4.78 is 2.20. The topological polar surface area (TPSA) is 83.3 Å². The third-order valence-electron chi connectivity index (χ3n) is 6.60. The second-order valence-corrected chi connectivity index (χ2v) is 9.68. The Morgan fingerprint density at radius 2 is 1.94 bits per heavy atom. The van der Waals surface area contributed by atoms with E-state index in [1.807, 2.05) is 37.4 Å². The Bertz CT molecular complexity index is 1200. The lowest BCUT2D eigenvalue weighted by Crippen LogP contribution is -2.35. The maximum Gasteiger partial charge on any atom is 0.236 e. The molecular formula is C24H29ClN8O. The summed E-state index contributed by atoms with van der Waals surface area (Å²) >= 11 is 6.36. The van der Waals surface area contributed by atoms with Gasteiger partial charge in [0.1, 0.15) is 17.5 Å². The van der Waals surface area contributed by atoms with Gasteiger partial charge in [0.15, 0.2) is 5.82 Å². The third-order valence-corrected chi connectivity index (χ3v) is 6.83. The van der Waals surface area contributed by atoms with Gasteiger partial charge in [-0.05, 0) is 49.6 Å². The summed E-state index contributed by atoms with van der Waals surface area (Å²) in [5.74, 6) is 3.96. The van der Waals surface area contributed by atoms with Crippen LogP contribution in [0.25, 0.3) is 5.69 Å². The molecule has 34 heavy (non-hydrogen) atoms. The third kappa shape index (κ3) is 4.50. The van der Waals surface area contributed by atoms with Gasteiger partial charge in [-0.2, -0.15) is 0 Å². The van der Waals surface area contributed by atoms with Gasteiger partial charge in [0.05, 0.1) is 18.8 Å².